The van der Waals surface area contributed by atoms with Gasteiger partial charge in [-0.2, -0.15) is 13.2 Å². The highest BCUT2D eigenvalue weighted by Crippen LogP contribution is 2.29. The molecule has 0 amide bonds. The monoisotopic (exact) mass is 361 g/mol. The third-order valence-corrected chi connectivity index (χ3v) is 4.10. The van der Waals surface area contributed by atoms with Gasteiger partial charge in [-0.3, -0.25) is 14.2 Å². The number of carboxylic acid groups (broad SMARTS) is 1. The molecule has 0 radical (unpaired) electrons. The lowest BCUT2D eigenvalue weighted by Crippen LogP contribution is -2.20. The molecule has 0 atom stereocenters. The molecule has 0 saturated carbocycles. The number of hydrogen-bond donors (Lipinski definition) is 1. The van der Waals surface area contributed by atoms with Gasteiger partial charge in [-0.05, 0) is 29.5 Å². The number of aromatic nitrogens is 1. The van der Waals surface area contributed by atoms with E-state index in [4.69, 9.17) is 5.11 Å². The third-order valence-electron chi connectivity index (χ3n) is 4.10. The lowest BCUT2D eigenvalue weighted by atomic mass is 9.99. The number of fused-ring (bicyclic) bond motifs is 1. The van der Waals surface area contributed by atoms with Crippen LogP contribution in [-0.4, -0.2) is 15.6 Å². The van der Waals surface area contributed by atoms with Crippen molar-refractivity contribution in [2.45, 2.75) is 19.0 Å². The van der Waals surface area contributed by atoms with Gasteiger partial charge in [0.15, 0.2) is 0 Å². The van der Waals surface area contributed by atoms with E-state index in [0.29, 0.717) is 23.6 Å². The molecule has 134 valence electrons. The third kappa shape index (κ3) is 3.46. The maximum absolute atomic E-state index is 12.8. The number of nitrogens with zero attached hydrogens (tertiary/aromatic N) is 1. The Hall–Kier alpha value is -3.09. The molecule has 0 aliphatic rings. The predicted octanol–water partition coefficient (Wildman–Crippen LogP) is 4.03. The minimum absolute atomic E-state index is 0.0381. The van der Waals surface area contributed by atoms with E-state index in [9.17, 15) is 22.8 Å². The van der Waals surface area contributed by atoms with Crippen LogP contribution < -0.4 is 5.56 Å². The summed E-state index contributed by atoms with van der Waals surface area (Å²) < 4.78 is 39.4. The number of halogens is 3. The van der Waals surface area contributed by atoms with Crippen molar-refractivity contribution in [2.24, 2.45) is 0 Å². The van der Waals surface area contributed by atoms with Crippen molar-refractivity contribution >= 4 is 16.7 Å². The van der Waals surface area contributed by atoms with Crippen molar-refractivity contribution in [1.82, 2.24) is 4.57 Å². The number of carbonyl (C=O) groups is 1. The van der Waals surface area contributed by atoms with Crippen LogP contribution >= 0.6 is 0 Å². The Labute approximate surface area is 146 Å². The Morgan fingerprint density at radius 2 is 1.73 bits per heavy atom. The first-order valence-corrected chi connectivity index (χ1v) is 7.80. The van der Waals surface area contributed by atoms with Crippen LogP contribution in [0.1, 0.15) is 17.5 Å². The van der Waals surface area contributed by atoms with Gasteiger partial charge in [0.25, 0.3) is 5.56 Å². The molecule has 0 saturated heterocycles. The molecular weight excluding hydrogens is 347 g/mol. The Kier molecular flexibility index (Phi) is 4.54. The average Bonchev–Trinajstić information content (AvgIpc) is 2.58. The van der Waals surface area contributed by atoms with Crippen LogP contribution in [0.25, 0.3) is 16.5 Å². The Morgan fingerprint density at radius 1 is 1.04 bits per heavy atom. The van der Waals surface area contributed by atoms with E-state index < -0.39 is 23.3 Å². The fraction of sp³-hybridized carbons (Fsp3) is 0.158. The highest BCUT2D eigenvalue weighted by Gasteiger charge is 2.31. The van der Waals surface area contributed by atoms with E-state index in [1.165, 1.54) is 0 Å². The number of pyridine rings is 1. The van der Waals surface area contributed by atoms with Crippen molar-refractivity contribution in [3.63, 3.8) is 0 Å². The summed E-state index contributed by atoms with van der Waals surface area (Å²) >= 11 is 0. The van der Waals surface area contributed by atoms with Crippen LogP contribution in [0.2, 0.25) is 0 Å². The summed E-state index contributed by atoms with van der Waals surface area (Å²) in [5, 5.41) is 10.3. The van der Waals surface area contributed by atoms with Crippen LogP contribution in [0.15, 0.2) is 59.5 Å². The average molecular weight is 361 g/mol. The molecule has 1 N–H and O–H groups in total. The molecular formula is C19H14F3NO3. The maximum atomic E-state index is 12.8. The zero-order valence-electron chi connectivity index (χ0n) is 13.5. The van der Waals surface area contributed by atoms with Gasteiger partial charge in [0, 0.05) is 24.1 Å². The first-order valence-electron chi connectivity index (χ1n) is 7.80. The molecule has 1 aromatic heterocycles. The molecule has 0 aliphatic heterocycles. The van der Waals surface area contributed by atoms with Gasteiger partial charge in [-0.15, -0.1) is 0 Å². The fourth-order valence-corrected chi connectivity index (χ4v) is 2.88. The SMILES string of the molecule is O=C(O)CCc1cccc2c(-n3ccc(C(F)(F)F)cc3=O)cccc12. The second-order valence-corrected chi connectivity index (χ2v) is 5.80. The van der Waals surface area contributed by atoms with E-state index in [0.717, 1.165) is 27.8 Å². The summed E-state index contributed by atoms with van der Waals surface area (Å²) in [5.74, 6) is -0.919. The number of aryl methyl sites for hydroxylation is 1. The van der Waals surface area contributed by atoms with Crippen LogP contribution in [0.3, 0.4) is 0 Å². The largest absolute Gasteiger partial charge is 0.481 e. The molecule has 1 heterocycles. The van der Waals surface area contributed by atoms with Crippen LogP contribution in [-0.2, 0) is 17.4 Å². The number of rotatable bonds is 4. The minimum atomic E-state index is -4.58. The van der Waals surface area contributed by atoms with Crippen molar-refractivity contribution in [2.75, 3.05) is 0 Å². The molecule has 2 aromatic carbocycles. The van der Waals surface area contributed by atoms with Gasteiger partial charge in [-0.25, -0.2) is 0 Å². The summed E-state index contributed by atoms with van der Waals surface area (Å²) in [7, 11) is 0. The lowest BCUT2D eigenvalue weighted by molar-refractivity contribution is -0.138. The fourth-order valence-electron chi connectivity index (χ4n) is 2.88. The van der Waals surface area contributed by atoms with Gasteiger partial charge >= 0.3 is 12.1 Å². The molecule has 0 fully saturated rings. The topological polar surface area (TPSA) is 59.3 Å². The summed E-state index contributed by atoms with van der Waals surface area (Å²) in [4.78, 5) is 23.0. The molecule has 26 heavy (non-hydrogen) atoms. The number of aliphatic carboxylic acids is 1. The first kappa shape index (κ1) is 17.7. The highest BCUT2D eigenvalue weighted by molar-refractivity contribution is 5.92. The van der Waals surface area contributed by atoms with E-state index in [2.05, 4.69) is 0 Å². The van der Waals surface area contributed by atoms with Crippen molar-refractivity contribution in [3.05, 3.63) is 76.2 Å². The van der Waals surface area contributed by atoms with E-state index in [1.54, 1.807) is 36.4 Å². The second-order valence-electron chi connectivity index (χ2n) is 5.80. The highest BCUT2D eigenvalue weighted by atomic mass is 19.4. The van der Waals surface area contributed by atoms with Gasteiger partial charge in [-0.1, -0.05) is 30.3 Å². The predicted molar refractivity (Wildman–Crippen MR) is 90.5 cm³/mol. The molecule has 0 bridgehead atoms. The van der Waals surface area contributed by atoms with Gasteiger partial charge in [0.2, 0.25) is 0 Å². The Balaban J connectivity index is 2.13. The normalized spacial score (nSPS) is 11.7. The van der Waals surface area contributed by atoms with Crippen LogP contribution in [0, 0.1) is 0 Å². The van der Waals surface area contributed by atoms with Gasteiger partial charge in [0.05, 0.1) is 11.3 Å². The molecule has 4 nitrogen and oxygen atoms in total. The Morgan fingerprint density at radius 3 is 2.38 bits per heavy atom. The summed E-state index contributed by atoms with van der Waals surface area (Å²) in [6.07, 6.45) is -3.20. The van der Waals surface area contributed by atoms with Crippen molar-refractivity contribution in [3.8, 4) is 5.69 Å². The number of carboxylic acids is 1. The first-order chi connectivity index (χ1) is 12.3. The molecule has 0 aliphatic carbocycles. The lowest BCUT2D eigenvalue weighted by Gasteiger charge is -2.13. The van der Waals surface area contributed by atoms with E-state index in [1.807, 2.05) is 0 Å². The van der Waals surface area contributed by atoms with E-state index >= 15 is 0 Å². The summed E-state index contributed by atoms with van der Waals surface area (Å²) in [6.45, 7) is 0. The molecule has 0 spiro atoms. The number of hydrogen-bond acceptors (Lipinski definition) is 2. The Bertz CT molecular complexity index is 1040. The number of benzene rings is 2. The molecule has 3 rings (SSSR count). The summed E-state index contributed by atoms with van der Waals surface area (Å²) in [5.41, 5.74) is -0.547. The summed E-state index contributed by atoms with van der Waals surface area (Å²) in [6, 6.07) is 11.8. The number of alkyl halides is 3. The zero-order valence-corrected chi connectivity index (χ0v) is 13.5. The quantitative estimate of drug-likeness (QED) is 0.763. The van der Waals surface area contributed by atoms with Crippen LogP contribution in [0.5, 0.6) is 0 Å². The van der Waals surface area contributed by atoms with Crippen molar-refractivity contribution < 1.29 is 23.1 Å². The van der Waals surface area contributed by atoms with Crippen molar-refractivity contribution in [1.29, 1.82) is 0 Å². The zero-order chi connectivity index (χ0) is 18.9. The van der Waals surface area contributed by atoms with Gasteiger partial charge < -0.3 is 5.11 Å². The van der Waals surface area contributed by atoms with Crippen LogP contribution in [0.4, 0.5) is 13.2 Å². The molecule has 0 unspecified atom stereocenters. The smallest absolute Gasteiger partial charge is 0.416 e. The molecule has 3 aromatic rings. The minimum Gasteiger partial charge on any atom is -0.481 e. The van der Waals surface area contributed by atoms with E-state index in [-0.39, 0.29) is 6.42 Å². The maximum Gasteiger partial charge on any atom is 0.416 e. The standard InChI is InChI=1S/C19H14F3NO3/c20-19(21,22)13-9-10-23(17(24)11-13)16-6-2-4-14-12(7-8-18(25)26)3-1-5-15(14)16/h1-6,9-11H,7-8H2,(H,25,26). The molecule has 7 heteroatoms. The van der Waals surface area contributed by atoms with Gasteiger partial charge in [0.1, 0.15) is 0 Å². The second kappa shape index (κ2) is 6.67.